The number of carbonyl (C=O) groups excluding carboxylic acids is 3. The Morgan fingerprint density at radius 2 is 2.27 bits per heavy atom. The van der Waals surface area contributed by atoms with Gasteiger partial charge in [0.25, 0.3) is 0 Å². The lowest BCUT2D eigenvalue weighted by atomic mass is 9.85. The number of aliphatic hydroxyl groups is 1. The summed E-state index contributed by atoms with van der Waals surface area (Å²) in [5.41, 5.74) is 1.42. The summed E-state index contributed by atoms with van der Waals surface area (Å²) in [7, 11) is 0. The molecule has 1 aliphatic carbocycles. The van der Waals surface area contributed by atoms with Crippen molar-refractivity contribution >= 4 is 18.2 Å². The van der Waals surface area contributed by atoms with Crippen molar-refractivity contribution in [1.82, 2.24) is 0 Å². The zero-order valence-electron chi connectivity index (χ0n) is 15.3. The van der Waals surface area contributed by atoms with Crippen LogP contribution in [0.5, 0.6) is 0 Å². The molecule has 2 aliphatic rings. The fraction of sp³-hybridized carbons (Fsp3) is 0.550. The number of carbonyl (C=O) groups is 3. The van der Waals surface area contributed by atoms with Crippen LogP contribution in [0.15, 0.2) is 35.5 Å². The van der Waals surface area contributed by atoms with Crippen molar-refractivity contribution in [3.05, 3.63) is 35.5 Å². The normalized spacial score (nSPS) is 31.6. The van der Waals surface area contributed by atoms with Gasteiger partial charge in [0.1, 0.15) is 18.5 Å². The minimum atomic E-state index is -0.730. The van der Waals surface area contributed by atoms with Crippen LogP contribution in [0.25, 0.3) is 0 Å². The molecule has 26 heavy (non-hydrogen) atoms. The summed E-state index contributed by atoms with van der Waals surface area (Å²) in [4.78, 5) is 35.9. The van der Waals surface area contributed by atoms with Crippen molar-refractivity contribution in [2.75, 3.05) is 6.61 Å². The van der Waals surface area contributed by atoms with Gasteiger partial charge in [-0.05, 0) is 36.5 Å². The highest BCUT2D eigenvalue weighted by Gasteiger charge is 2.44. The van der Waals surface area contributed by atoms with Crippen LogP contribution >= 0.6 is 0 Å². The molecule has 6 heteroatoms. The van der Waals surface area contributed by atoms with E-state index in [1.165, 1.54) is 0 Å². The standard InChI is InChI=1S/C20H26O6/c1-4-12(2)19(23)25-16-8-14(10-21)6-5-7-15(11-22)9-17-18(16)13(3)20(24)26-17/h6,9-10,12,16-18,22H,3-5,7-8,11H2,1-2H3/b14-6+,15-9-/t12?,16-,17+,18+/m0/s1. The Bertz CT molecular complexity index is 645. The van der Waals surface area contributed by atoms with Crippen molar-refractivity contribution in [3.8, 4) is 0 Å². The van der Waals surface area contributed by atoms with E-state index in [0.29, 0.717) is 30.4 Å². The lowest BCUT2D eigenvalue weighted by molar-refractivity contribution is -0.156. The molecule has 0 saturated carbocycles. The minimum absolute atomic E-state index is 0.172. The molecule has 4 atom stereocenters. The number of ether oxygens (including phenoxy) is 2. The van der Waals surface area contributed by atoms with Crippen LogP contribution in [0.2, 0.25) is 0 Å². The predicted molar refractivity (Wildman–Crippen MR) is 95.0 cm³/mol. The summed E-state index contributed by atoms with van der Waals surface area (Å²) >= 11 is 0. The number of esters is 2. The van der Waals surface area contributed by atoms with Gasteiger partial charge in [-0.15, -0.1) is 0 Å². The number of fused-ring (bicyclic) bond motifs is 1. The molecule has 0 bridgehead atoms. The molecule has 1 saturated heterocycles. The first-order valence-electron chi connectivity index (χ1n) is 8.96. The Morgan fingerprint density at radius 1 is 1.54 bits per heavy atom. The Balaban J connectivity index is 2.41. The van der Waals surface area contributed by atoms with Crippen LogP contribution in [0.4, 0.5) is 0 Å². The van der Waals surface area contributed by atoms with Crippen molar-refractivity contribution in [2.45, 2.75) is 51.7 Å². The summed E-state index contributed by atoms with van der Waals surface area (Å²) in [5, 5.41) is 9.55. The van der Waals surface area contributed by atoms with E-state index >= 15 is 0 Å². The van der Waals surface area contributed by atoms with Crippen LogP contribution in [-0.4, -0.2) is 42.1 Å². The van der Waals surface area contributed by atoms with E-state index in [4.69, 9.17) is 9.47 Å². The first-order chi connectivity index (χ1) is 12.4. The van der Waals surface area contributed by atoms with E-state index in [2.05, 4.69) is 6.58 Å². The molecule has 142 valence electrons. The maximum absolute atomic E-state index is 12.3. The third-order valence-electron chi connectivity index (χ3n) is 5.01. The molecule has 1 N–H and O–H groups in total. The highest BCUT2D eigenvalue weighted by molar-refractivity contribution is 5.91. The predicted octanol–water partition coefficient (Wildman–Crippen LogP) is 2.27. The molecule has 6 nitrogen and oxygen atoms in total. The zero-order valence-corrected chi connectivity index (χ0v) is 15.3. The Labute approximate surface area is 153 Å². The molecule has 1 fully saturated rings. The molecule has 0 spiro atoms. The van der Waals surface area contributed by atoms with Crippen LogP contribution in [0.1, 0.15) is 39.5 Å². The summed E-state index contributed by atoms with van der Waals surface area (Å²) in [6.45, 7) is 7.29. The van der Waals surface area contributed by atoms with E-state index in [9.17, 15) is 19.5 Å². The molecule has 1 heterocycles. The SMILES string of the molecule is C=C1C(=O)O[C@@H]2/C=C(\CO)CC/C=C(/C=O)C[C@H](OC(=O)C(C)CC)[C@@H]12. The van der Waals surface area contributed by atoms with Gasteiger partial charge in [0.15, 0.2) is 0 Å². The topological polar surface area (TPSA) is 89.9 Å². The molecular weight excluding hydrogens is 336 g/mol. The fourth-order valence-corrected chi connectivity index (χ4v) is 3.16. The highest BCUT2D eigenvalue weighted by Crippen LogP contribution is 2.36. The monoisotopic (exact) mass is 362 g/mol. The Morgan fingerprint density at radius 3 is 2.88 bits per heavy atom. The molecule has 0 radical (unpaired) electrons. The van der Waals surface area contributed by atoms with Gasteiger partial charge >= 0.3 is 11.9 Å². The van der Waals surface area contributed by atoms with E-state index in [1.807, 2.05) is 6.92 Å². The second-order valence-electron chi connectivity index (χ2n) is 6.83. The largest absolute Gasteiger partial charge is 0.461 e. The van der Waals surface area contributed by atoms with Crippen molar-refractivity contribution < 1.29 is 29.0 Å². The lowest BCUT2D eigenvalue weighted by Crippen LogP contribution is -2.35. The van der Waals surface area contributed by atoms with Gasteiger partial charge in [0, 0.05) is 12.0 Å². The summed E-state index contributed by atoms with van der Waals surface area (Å²) < 4.78 is 11.1. The molecule has 1 unspecified atom stereocenters. The number of rotatable bonds is 5. The van der Waals surface area contributed by atoms with Crippen LogP contribution in [-0.2, 0) is 23.9 Å². The minimum Gasteiger partial charge on any atom is -0.461 e. The Hall–Kier alpha value is -2.21. The third-order valence-corrected chi connectivity index (χ3v) is 5.01. The number of hydrogen-bond acceptors (Lipinski definition) is 6. The number of aliphatic hydroxyl groups excluding tert-OH is 1. The quantitative estimate of drug-likeness (QED) is 0.349. The van der Waals surface area contributed by atoms with Crippen molar-refractivity contribution in [1.29, 1.82) is 0 Å². The van der Waals surface area contributed by atoms with Gasteiger partial charge in [0.05, 0.1) is 18.4 Å². The second kappa shape index (κ2) is 8.94. The second-order valence-corrected chi connectivity index (χ2v) is 6.83. The van der Waals surface area contributed by atoms with E-state index in [-0.39, 0.29) is 30.5 Å². The maximum Gasteiger partial charge on any atom is 0.334 e. The number of hydrogen-bond donors (Lipinski definition) is 1. The van der Waals surface area contributed by atoms with E-state index in [1.54, 1.807) is 19.1 Å². The molecular formula is C20H26O6. The van der Waals surface area contributed by atoms with Crippen LogP contribution in [0, 0.1) is 11.8 Å². The average Bonchev–Trinajstić information content (AvgIpc) is 2.91. The van der Waals surface area contributed by atoms with Gasteiger partial charge < -0.3 is 14.6 Å². The summed E-state index contributed by atoms with van der Waals surface area (Å²) in [6, 6.07) is 0. The van der Waals surface area contributed by atoms with Gasteiger partial charge in [-0.25, -0.2) is 4.79 Å². The van der Waals surface area contributed by atoms with Gasteiger partial charge in [0.2, 0.25) is 0 Å². The maximum atomic E-state index is 12.3. The molecule has 0 aromatic rings. The molecule has 0 aromatic heterocycles. The molecule has 2 rings (SSSR count). The Kier molecular flexibility index (Phi) is 6.91. The fourth-order valence-electron chi connectivity index (χ4n) is 3.16. The number of aldehydes is 1. The van der Waals surface area contributed by atoms with Crippen molar-refractivity contribution in [3.63, 3.8) is 0 Å². The average molecular weight is 362 g/mol. The van der Waals surface area contributed by atoms with Crippen molar-refractivity contribution in [2.24, 2.45) is 11.8 Å². The third kappa shape index (κ3) is 4.49. The van der Waals surface area contributed by atoms with Gasteiger partial charge in [-0.1, -0.05) is 26.5 Å². The summed E-state index contributed by atoms with van der Waals surface area (Å²) in [5.74, 6) is -1.80. The van der Waals surface area contributed by atoms with E-state index < -0.39 is 24.1 Å². The lowest BCUT2D eigenvalue weighted by Gasteiger charge is -2.28. The smallest absolute Gasteiger partial charge is 0.334 e. The van der Waals surface area contributed by atoms with Crippen LogP contribution < -0.4 is 0 Å². The van der Waals surface area contributed by atoms with Gasteiger partial charge in [-0.2, -0.15) is 0 Å². The molecule has 0 aromatic carbocycles. The molecule has 0 amide bonds. The zero-order chi connectivity index (χ0) is 19.3. The summed E-state index contributed by atoms with van der Waals surface area (Å²) in [6.07, 6.45) is 4.78. The van der Waals surface area contributed by atoms with Crippen LogP contribution in [0.3, 0.4) is 0 Å². The molecule has 1 aliphatic heterocycles. The first-order valence-corrected chi connectivity index (χ1v) is 8.96. The highest BCUT2D eigenvalue weighted by atomic mass is 16.6. The van der Waals surface area contributed by atoms with E-state index in [0.717, 1.165) is 6.29 Å². The number of allylic oxidation sites excluding steroid dienone is 1. The van der Waals surface area contributed by atoms with Gasteiger partial charge in [-0.3, -0.25) is 9.59 Å². The first kappa shape index (κ1) is 20.1.